The Labute approximate surface area is 91.0 Å². The SMILES string of the molecule is CCc1cc2c(o1)CCC1(CC1)C2NC. The molecule has 0 saturated heterocycles. The quantitative estimate of drug-likeness (QED) is 0.803. The summed E-state index contributed by atoms with van der Waals surface area (Å²) >= 11 is 0. The molecule has 0 radical (unpaired) electrons. The minimum absolute atomic E-state index is 0.547. The summed E-state index contributed by atoms with van der Waals surface area (Å²) < 4.78 is 5.87. The Morgan fingerprint density at radius 3 is 2.87 bits per heavy atom. The Morgan fingerprint density at radius 2 is 2.27 bits per heavy atom. The van der Waals surface area contributed by atoms with Crippen molar-refractivity contribution < 1.29 is 4.42 Å². The second-order valence-electron chi connectivity index (χ2n) is 5.03. The van der Waals surface area contributed by atoms with E-state index in [1.165, 1.54) is 30.6 Å². The normalized spacial score (nSPS) is 26.7. The van der Waals surface area contributed by atoms with Gasteiger partial charge in [0.15, 0.2) is 0 Å². The predicted octanol–water partition coefficient (Wildman–Crippen LogP) is 2.83. The number of hydrogen-bond donors (Lipinski definition) is 1. The van der Waals surface area contributed by atoms with Gasteiger partial charge in [0.2, 0.25) is 0 Å². The van der Waals surface area contributed by atoms with Gasteiger partial charge in [-0.1, -0.05) is 6.92 Å². The number of rotatable bonds is 2. The van der Waals surface area contributed by atoms with Crippen LogP contribution in [-0.2, 0) is 12.8 Å². The second-order valence-corrected chi connectivity index (χ2v) is 5.03. The van der Waals surface area contributed by atoms with E-state index in [1.807, 2.05) is 0 Å². The van der Waals surface area contributed by atoms with E-state index in [1.54, 1.807) is 0 Å². The van der Waals surface area contributed by atoms with Crippen LogP contribution in [0.2, 0.25) is 0 Å². The molecule has 1 aromatic rings. The lowest BCUT2D eigenvalue weighted by atomic mass is 9.80. The third kappa shape index (κ3) is 1.27. The van der Waals surface area contributed by atoms with Crippen molar-refractivity contribution in [3.8, 4) is 0 Å². The lowest BCUT2D eigenvalue weighted by molar-refractivity contribution is 0.291. The molecule has 3 rings (SSSR count). The minimum Gasteiger partial charge on any atom is -0.466 e. The summed E-state index contributed by atoms with van der Waals surface area (Å²) in [6.07, 6.45) is 6.25. The molecule has 1 fully saturated rings. The average Bonchev–Trinajstić information content (AvgIpc) is 2.90. The molecule has 1 aromatic heterocycles. The van der Waals surface area contributed by atoms with Gasteiger partial charge >= 0.3 is 0 Å². The van der Waals surface area contributed by atoms with Crippen LogP contribution in [0.1, 0.15) is 49.3 Å². The smallest absolute Gasteiger partial charge is 0.108 e. The standard InChI is InChI=1S/C13H19NO/c1-3-9-8-10-11(15-9)4-5-13(6-7-13)12(10)14-2/h8,12,14H,3-7H2,1-2H3. The van der Waals surface area contributed by atoms with E-state index in [0.717, 1.165) is 18.6 Å². The molecular weight excluding hydrogens is 186 g/mol. The highest BCUT2D eigenvalue weighted by Crippen LogP contribution is 2.60. The van der Waals surface area contributed by atoms with Crippen molar-refractivity contribution in [2.45, 2.75) is 45.1 Å². The Bertz CT molecular complexity index is 376. The summed E-state index contributed by atoms with van der Waals surface area (Å²) in [5.41, 5.74) is 2.02. The highest BCUT2D eigenvalue weighted by Gasteiger charge is 2.52. The number of hydrogen-bond acceptors (Lipinski definition) is 2. The molecule has 0 aliphatic heterocycles. The molecule has 1 unspecified atom stereocenters. The zero-order valence-electron chi connectivity index (χ0n) is 9.60. The van der Waals surface area contributed by atoms with Crippen LogP contribution >= 0.6 is 0 Å². The first-order chi connectivity index (χ1) is 7.29. The van der Waals surface area contributed by atoms with Crippen molar-refractivity contribution in [3.63, 3.8) is 0 Å². The maximum Gasteiger partial charge on any atom is 0.108 e. The lowest BCUT2D eigenvalue weighted by Crippen LogP contribution is -2.30. The third-order valence-electron chi connectivity index (χ3n) is 4.20. The van der Waals surface area contributed by atoms with Crippen molar-refractivity contribution in [2.75, 3.05) is 7.05 Å². The van der Waals surface area contributed by atoms with Crippen molar-refractivity contribution in [1.82, 2.24) is 5.32 Å². The van der Waals surface area contributed by atoms with Gasteiger partial charge in [-0.05, 0) is 37.8 Å². The minimum atomic E-state index is 0.547. The molecule has 2 aliphatic carbocycles. The molecule has 15 heavy (non-hydrogen) atoms. The predicted molar refractivity (Wildman–Crippen MR) is 59.9 cm³/mol. The van der Waals surface area contributed by atoms with Crippen LogP contribution in [0.5, 0.6) is 0 Å². The fraction of sp³-hybridized carbons (Fsp3) is 0.692. The summed E-state index contributed by atoms with van der Waals surface area (Å²) in [4.78, 5) is 0. The zero-order chi connectivity index (χ0) is 10.5. The molecule has 0 bridgehead atoms. The van der Waals surface area contributed by atoms with Gasteiger partial charge < -0.3 is 9.73 Å². The molecule has 1 saturated carbocycles. The fourth-order valence-electron chi connectivity index (χ4n) is 3.11. The Kier molecular flexibility index (Phi) is 1.96. The van der Waals surface area contributed by atoms with Crippen LogP contribution in [0, 0.1) is 5.41 Å². The molecular formula is C13H19NO. The number of aryl methyl sites for hydroxylation is 2. The Balaban J connectivity index is 2.01. The average molecular weight is 205 g/mol. The highest BCUT2D eigenvalue weighted by atomic mass is 16.3. The van der Waals surface area contributed by atoms with Crippen molar-refractivity contribution in [2.24, 2.45) is 5.41 Å². The monoisotopic (exact) mass is 205 g/mol. The van der Waals surface area contributed by atoms with Crippen LogP contribution in [0.4, 0.5) is 0 Å². The van der Waals surface area contributed by atoms with E-state index >= 15 is 0 Å². The highest BCUT2D eigenvalue weighted by molar-refractivity contribution is 5.33. The van der Waals surface area contributed by atoms with Gasteiger partial charge in [-0.25, -0.2) is 0 Å². The number of nitrogens with one attached hydrogen (secondary N) is 1. The van der Waals surface area contributed by atoms with E-state index in [0.29, 0.717) is 11.5 Å². The summed E-state index contributed by atoms with van der Waals surface area (Å²) in [5.74, 6) is 2.39. The molecule has 0 amide bonds. The molecule has 82 valence electrons. The molecule has 1 atom stereocenters. The largest absolute Gasteiger partial charge is 0.466 e. The summed E-state index contributed by atoms with van der Waals surface area (Å²) in [5, 5.41) is 3.49. The van der Waals surface area contributed by atoms with E-state index < -0.39 is 0 Å². The van der Waals surface area contributed by atoms with E-state index in [-0.39, 0.29) is 0 Å². The van der Waals surface area contributed by atoms with Gasteiger partial charge in [-0.15, -0.1) is 0 Å². The number of furan rings is 1. The first kappa shape index (κ1) is 9.46. The van der Waals surface area contributed by atoms with Gasteiger partial charge in [-0.2, -0.15) is 0 Å². The Morgan fingerprint density at radius 1 is 1.47 bits per heavy atom. The Hall–Kier alpha value is -0.760. The topological polar surface area (TPSA) is 25.2 Å². The van der Waals surface area contributed by atoms with Gasteiger partial charge in [-0.3, -0.25) is 0 Å². The van der Waals surface area contributed by atoms with Crippen LogP contribution in [-0.4, -0.2) is 7.05 Å². The first-order valence-corrected chi connectivity index (χ1v) is 6.08. The van der Waals surface area contributed by atoms with Crippen LogP contribution in [0.15, 0.2) is 10.5 Å². The second kappa shape index (κ2) is 3.11. The summed E-state index contributed by atoms with van der Waals surface area (Å²) in [6, 6.07) is 2.82. The maximum absolute atomic E-state index is 5.87. The van der Waals surface area contributed by atoms with Gasteiger partial charge in [0, 0.05) is 24.4 Å². The van der Waals surface area contributed by atoms with E-state index in [9.17, 15) is 0 Å². The van der Waals surface area contributed by atoms with E-state index in [2.05, 4.69) is 25.4 Å². The van der Waals surface area contributed by atoms with Crippen LogP contribution in [0.25, 0.3) is 0 Å². The lowest BCUT2D eigenvalue weighted by Gasteiger charge is -2.30. The van der Waals surface area contributed by atoms with Gasteiger partial charge in [0.25, 0.3) is 0 Å². The van der Waals surface area contributed by atoms with Gasteiger partial charge in [0.05, 0.1) is 0 Å². The first-order valence-electron chi connectivity index (χ1n) is 6.08. The molecule has 2 aliphatic rings. The summed E-state index contributed by atoms with van der Waals surface area (Å²) in [7, 11) is 2.08. The summed E-state index contributed by atoms with van der Waals surface area (Å²) in [6.45, 7) is 2.16. The molecule has 1 spiro atoms. The molecule has 2 heteroatoms. The van der Waals surface area contributed by atoms with Crippen molar-refractivity contribution >= 4 is 0 Å². The van der Waals surface area contributed by atoms with Crippen LogP contribution < -0.4 is 5.32 Å². The molecule has 1 heterocycles. The van der Waals surface area contributed by atoms with Crippen molar-refractivity contribution in [1.29, 1.82) is 0 Å². The van der Waals surface area contributed by atoms with Crippen LogP contribution in [0.3, 0.4) is 0 Å². The van der Waals surface area contributed by atoms with Crippen molar-refractivity contribution in [3.05, 3.63) is 23.2 Å². The molecule has 2 nitrogen and oxygen atoms in total. The molecule has 0 aromatic carbocycles. The fourth-order valence-corrected chi connectivity index (χ4v) is 3.11. The van der Waals surface area contributed by atoms with Gasteiger partial charge in [0.1, 0.15) is 11.5 Å². The third-order valence-corrected chi connectivity index (χ3v) is 4.20. The maximum atomic E-state index is 5.87. The molecule has 1 N–H and O–H groups in total. The number of fused-ring (bicyclic) bond motifs is 1. The van der Waals surface area contributed by atoms with E-state index in [4.69, 9.17) is 4.42 Å². The zero-order valence-corrected chi connectivity index (χ0v) is 9.60.